The molecule has 0 aromatic carbocycles. The van der Waals surface area contributed by atoms with Gasteiger partial charge in [-0.2, -0.15) is 0 Å². The summed E-state index contributed by atoms with van der Waals surface area (Å²) in [6, 6.07) is 0. The SMILES string of the molecule is C[C@]12CCC(=CCC3CNC3)CC1[C@@H](CO)C(=O)[C@@H]1[C@@H]2CC[C@]2(C)C(=O)CC[C@@H]12. The maximum Gasteiger partial charge on any atom is 0.142 e. The summed E-state index contributed by atoms with van der Waals surface area (Å²) in [7, 11) is 0. The largest absolute Gasteiger partial charge is 0.396 e. The van der Waals surface area contributed by atoms with Crippen LogP contribution in [0.1, 0.15) is 65.2 Å². The molecule has 4 heteroatoms. The minimum absolute atomic E-state index is 0.00909. The van der Waals surface area contributed by atoms with Gasteiger partial charge in [0.2, 0.25) is 0 Å². The van der Waals surface area contributed by atoms with Gasteiger partial charge in [-0.25, -0.2) is 0 Å². The molecule has 4 nitrogen and oxygen atoms in total. The Bertz CT molecular complexity index is 740. The summed E-state index contributed by atoms with van der Waals surface area (Å²) < 4.78 is 0. The highest BCUT2D eigenvalue weighted by atomic mass is 16.3. The predicted molar refractivity (Wildman–Crippen MR) is 112 cm³/mol. The van der Waals surface area contributed by atoms with Crippen LogP contribution in [0.5, 0.6) is 0 Å². The van der Waals surface area contributed by atoms with Crippen LogP contribution in [-0.4, -0.2) is 36.4 Å². The Morgan fingerprint density at radius 1 is 1.07 bits per heavy atom. The topological polar surface area (TPSA) is 66.4 Å². The number of aliphatic hydroxyl groups is 1. The number of hydrogen-bond acceptors (Lipinski definition) is 4. The zero-order valence-electron chi connectivity index (χ0n) is 18.1. The summed E-state index contributed by atoms with van der Waals surface area (Å²) >= 11 is 0. The molecule has 2 N–H and O–H groups in total. The first-order valence-electron chi connectivity index (χ1n) is 11.9. The molecule has 5 fully saturated rings. The number of hydrogen-bond donors (Lipinski definition) is 2. The van der Waals surface area contributed by atoms with Gasteiger partial charge < -0.3 is 10.4 Å². The Hall–Kier alpha value is -1.00. The van der Waals surface area contributed by atoms with Crippen LogP contribution < -0.4 is 5.32 Å². The normalized spacial score (nSPS) is 48.8. The fourth-order valence-electron chi connectivity index (χ4n) is 8.04. The molecule has 29 heavy (non-hydrogen) atoms. The number of rotatable bonds is 3. The van der Waals surface area contributed by atoms with Gasteiger partial charge in [0.05, 0.1) is 6.61 Å². The first kappa shape index (κ1) is 19.9. The van der Waals surface area contributed by atoms with E-state index in [9.17, 15) is 14.7 Å². The van der Waals surface area contributed by atoms with Gasteiger partial charge in [0, 0.05) is 23.7 Å². The third-order valence-corrected chi connectivity index (χ3v) is 10.1. The average molecular weight is 400 g/mol. The lowest BCUT2D eigenvalue weighted by Crippen LogP contribution is -2.60. The van der Waals surface area contributed by atoms with Crippen LogP contribution in [0.2, 0.25) is 0 Å². The fraction of sp³-hybridized carbons (Fsp3) is 0.840. The summed E-state index contributed by atoms with van der Waals surface area (Å²) in [6.45, 7) is 6.77. The Labute approximate surface area is 174 Å². The third-order valence-electron chi connectivity index (χ3n) is 10.1. The van der Waals surface area contributed by atoms with E-state index in [0.717, 1.165) is 64.0 Å². The third kappa shape index (κ3) is 2.85. The molecule has 1 unspecified atom stereocenters. The van der Waals surface area contributed by atoms with Gasteiger partial charge in [0.15, 0.2) is 0 Å². The lowest BCUT2D eigenvalue weighted by atomic mass is 9.42. The van der Waals surface area contributed by atoms with Gasteiger partial charge in [0.25, 0.3) is 0 Å². The van der Waals surface area contributed by atoms with E-state index in [0.29, 0.717) is 18.1 Å². The highest BCUT2D eigenvalue weighted by Crippen LogP contribution is 2.66. The Morgan fingerprint density at radius 2 is 1.86 bits per heavy atom. The van der Waals surface area contributed by atoms with E-state index in [1.165, 1.54) is 5.57 Å². The van der Waals surface area contributed by atoms with Gasteiger partial charge in [0.1, 0.15) is 11.6 Å². The molecule has 0 spiro atoms. The lowest BCUT2D eigenvalue weighted by molar-refractivity contribution is -0.167. The zero-order valence-corrected chi connectivity index (χ0v) is 18.1. The van der Waals surface area contributed by atoms with Gasteiger partial charge in [-0.3, -0.25) is 9.59 Å². The van der Waals surface area contributed by atoms with Crippen molar-refractivity contribution in [2.75, 3.05) is 19.7 Å². The van der Waals surface area contributed by atoms with Crippen LogP contribution >= 0.6 is 0 Å². The van der Waals surface area contributed by atoms with E-state index in [2.05, 4.69) is 25.2 Å². The quantitative estimate of drug-likeness (QED) is 0.713. The van der Waals surface area contributed by atoms with Crippen molar-refractivity contribution in [3.63, 3.8) is 0 Å². The number of ketones is 2. The van der Waals surface area contributed by atoms with Crippen molar-refractivity contribution in [1.29, 1.82) is 0 Å². The number of aliphatic hydroxyl groups excluding tert-OH is 1. The molecule has 5 rings (SSSR count). The molecule has 0 aromatic rings. The number of Topliss-reactive ketones (excluding diaryl/α,β-unsaturated/α-hetero) is 2. The van der Waals surface area contributed by atoms with Crippen molar-refractivity contribution >= 4 is 11.6 Å². The standard InChI is InChI=1S/C25H37NO3/c1-24-9-7-15(3-4-16-12-26-13-16)11-20(24)17(14-27)23(29)22-18-5-6-21(28)25(18,2)10-8-19(22)24/h3,16-20,22,26-27H,4-14H2,1-2H3/t17-,18+,19+,20?,22+,24-,25+/m1/s1. The molecular formula is C25H37NO3. The average Bonchev–Trinajstić information content (AvgIpc) is 2.97. The van der Waals surface area contributed by atoms with Crippen molar-refractivity contribution < 1.29 is 14.7 Å². The van der Waals surface area contributed by atoms with Crippen LogP contribution in [-0.2, 0) is 9.59 Å². The van der Waals surface area contributed by atoms with Crippen molar-refractivity contribution in [2.45, 2.75) is 65.2 Å². The molecule has 0 radical (unpaired) electrons. The summed E-state index contributed by atoms with van der Waals surface area (Å²) in [5, 5.41) is 13.6. The van der Waals surface area contributed by atoms with Gasteiger partial charge >= 0.3 is 0 Å². The highest BCUT2D eigenvalue weighted by Gasteiger charge is 2.64. The number of fused-ring (bicyclic) bond motifs is 5. The molecular weight excluding hydrogens is 362 g/mol. The molecule has 5 aliphatic rings. The maximum atomic E-state index is 13.7. The first-order valence-corrected chi connectivity index (χ1v) is 11.9. The van der Waals surface area contributed by atoms with Crippen molar-refractivity contribution in [1.82, 2.24) is 5.32 Å². The number of nitrogens with one attached hydrogen (secondary N) is 1. The Kier molecular flexibility index (Phi) is 4.82. The van der Waals surface area contributed by atoms with Crippen LogP contribution in [0.4, 0.5) is 0 Å². The minimum atomic E-state index is -0.295. The molecule has 1 saturated heterocycles. The summed E-state index contributed by atoms with van der Waals surface area (Å²) in [4.78, 5) is 26.4. The van der Waals surface area contributed by atoms with Crippen molar-refractivity contribution in [2.24, 2.45) is 46.3 Å². The molecule has 0 aromatic heterocycles. The number of carbonyl (C=O) groups is 2. The summed E-state index contributed by atoms with van der Waals surface area (Å²) in [5.41, 5.74) is 1.34. The number of carbonyl (C=O) groups excluding carboxylic acids is 2. The first-order chi connectivity index (χ1) is 13.9. The minimum Gasteiger partial charge on any atom is -0.396 e. The smallest absolute Gasteiger partial charge is 0.142 e. The summed E-state index contributed by atoms with van der Waals surface area (Å²) in [5.74, 6) is 2.05. The van der Waals surface area contributed by atoms with Gasteiger partial charge in [-0.05, 0) is 87.1 Å². The highest BCUT2D eigenvalue weighted by molar-refractivity contribution is 5.91. The van der Waals surface area contributed by atoms with Crippen molar-refractivity contribution in [3.05, 3.63) is 11.6 Å². The second-order valence-electron chi connectivity index (χ2n) is 11.3. The zero-order chi connectivity index (χ0) is 20.4. The maximum absolute atomic E-state index is 13.7. The lowest BCUT2D eigenvalue weighted by Gasteiger charge is -2.60. The molecule has 7 atom stereocenters. The van der Waals surface area contributed by atoms with E-state index in [-0.39, 0.29) is 46.9 Å². The van der Waals surface area contributed by atoms with E-state index < -0.39 is 0 Å². The number of allylic oxidation sites excluding steroid dienone is 2. The second kappa shape index (κ2) is 7.02. The van der Waals surface area contributed by atoms with Gasteiger partial charge in [-0.1, -0.05) is 25.5 Å². The fourth-order valence-corrected chi connectivity index (χ4v) is 8.04. The summed E-state index contributed by atoms with van der Waals surface area (Å²) in [6.07, 6.45) is 10.3. The van der Waals surface area contributed by atoms with Crippen LogP contribution in [0.3, 0.4) is 0 Å². The molecule has 4 aliphatic carbocycles. The van der Waals surface area contributed by atoms with E-state index in [1.54, 1.807) is 0 Å². The second-order valence-corrected chi connectivity index (χ2v) is 11.3. The molecule has 1 aliphatic heterocycles. The van der Waals surface area contributed by atoms with Gasteiger partial charge in [-0.15, -0.1) is 0 Å². The van der Waals surface area contributed by atoms with Crippen LogP contribution in [0, 0.1) is 46.3 Å². The Morgan fingerprint density at radius 3 is 2.55 bits per heavy atom. The predicted octanol–water partition coefficient (Wildman–Crippen LogP) is 3.53. The molecule has 0 bridgehead atoms. The monoisotopic (exact) mass is 399 g/mol. The Balaban J connectivity index is 1.44. The molecule has 4 saturated carbocycles. The van der Waals surface area contributed by atoms with Crippen LogP contribution in [0.15, 0.2) is 11.6 Å². The van der Waals surface area contributed by atoms with E-state index >= 15 is 0 Å². The van der Waals surface area contributed by atoms with E-state index in [1.807, 2.05) is 0 Å². The molecule has 160 valence electrons. The van der Waals surface area contributed by atoms with Crippen molar-refractivity contribution in [3.8, 4) is 0 Å². The molecule has 0 amide bonds. The molecule has 1 heterocycles. The van der Waals surface area contributed by atoms with E-state index in [4.69, 9.17) is 0 Å². The van der Waals surface area contributed by atoms with Crippen LogP contribution in [0.25, 0.3) is 0 Å².